The fourth-order valence-corrected chi connectivity index (χ4v) is 11.1. The summed E-state index contributed by atoms with van der Waals surface area (Å²) in [6, 6.07) is 0. The Balaban J connectivity index is 5.48. The number of carbonyl (C=O) groups is 4. The topological polar surface area (TPSA) is 237 Å². The lowest BCUT2D eigenvalue weighted by Crippen LogP contribution is -2.30. The Morgan fingerprint density at radius 2 is 0.570 bits per heavy atom. The first kappa shape index (κ1) is 94.9. The summed E-state index contributed by atoms with van der Waals surface area (Å²) in [5.41, 5.74) is 0. The van der Waals surface area contributed by atoms with Gasteiger partial charge in [-0.05, 0) is 141 Å². The van der Waals surface area contributed by atoms with Crippen molar-refractivity contribution in [3.63, 3.8) is 0 Å². The van der Waals surface area contributed by atoms with E-state index in [1.54, 1.807) is 12.2 Å². The smallest absolute Gasteiger partial charge is 0.462 e. The summed E-state index contributed by atoms with van der Waals surface area (Å²) in [6.07, 6.45) is 81.7. The zero-order valence-electron chi connectivity index (χ0n) is 62.1. The number of esters is 4. The molecule has 0 radical (unpaired) electrons. The molecule has 0 fully saturated rings. The number of phosphoric acid groups is 2. The van der Waals surface area contributed by atoms with Crippen LogP contribution in [0.5, 0.6) is 0 Å². The van der Waals surface area contributed by atoms with Crippen LogP contribution in [0.25, 0.3) is 0 Å². The Labute approximate surface area is 605 Å². The summed E-state index contributed by atoms with van der Waals surface area (Å²) in [5.74, 6) is -2.42. The molecule has 17 nitrogen and oxygen atoms in total. The van der Waals surface area contributed by atoms with Crippen molar-refractivity contribution in [1.29, 1.82) is 0 Å². The molecule has 0 amide bonds. The van der Waals surface area contributed by atoms with E-state index in [1.165, 1.54) is 64.2 Å². The Hall–Kier alpha value is -5.06. The van der Waals surface area contributed by atoms with Gasteiger partial charge in [0.1, 0.15) is 19.3 Å². The molecule has 0 aliphatic heterocycles. The number of unbranched alkanes of at least 4 members (excludes halogenated alkanes) is 21. The third-order valence-corrected chi connectivity index (χ3v) is 17.2. The summed E-state index contributed by atoms with van der Waals surface area (Å²) >= 11 is 0. The number of aliphatic hydroxyl groups is 1. The number of rotatable bonds is 70. The second kappa shape index (κ2) is 72.3. The number of aliphatic hydroxyl groups excluding tert-OH is 1. The second-order valence-corrected chi connectivity index (χ2v) is 27.7. The van der Waals surface area contributed by atoms with Crippen LogP contribution in [-0.4, -0.2) is 96.7 Å². The van der Waals surface area contributed by atoms with E-state index in [-0.39, 0.29) is 25.7 Å². The lowest BCUT2D eigenvalue weighted by atomic mass is 10.1. The standard InChI is InChI=1S/C81H134O17P2/c1-5-9-13-17-21-25-29-33-36-37-40-43-46-50-54-58-62-66-79(84)92-72-77(98-81(86)68-64-60-56-52-48-44-39-35-31-27-23-19-15-11-7-3)74-96-100(89,90)94-70-75(82)69-93-99(87,88)95-73-76(97-80(85)67-63-59-55-51-47-41-32-28-24-20-16-12-8-4)71-91-78(83)65-61-57-53-49-45-42-38-34-30-26-22-18-14-10-6-2/h9,11,13,15,21,23,25,27-28,32-36,38-40,43,48,50,52,54,60,64,75-77,82H,5-8,10,12,14,16-20,22,24,26,29-31,37,41-42,44-47,49,51,53,55-59,61-63,65-74H2,1-4H3,(H,87,88)(H,89,90)/b13-9-,15-11-,25-21-,27-23-,32-28-,36-33-,38-34-,39-35-,43-40-,52-48-,54-50-,64-60-. The van der Waals surface area contributed by atoms with Gasteiger partial charge in [-0.25, -0.2) is 9.13 Å². The zero-order chi connectivity index (χ0) is 73.2. The van der Waals surface area contributed by atoms with Crippen LogP contribution in [0, 0.1) is 0 Å². The molecule has 0 bridgehead atoms. The summed E-state index contributed by atoms with van der Waals surface area (Å²) in [6.45, 7) is 4.41. The molecule has 0 aromatic heterocycles. The Morgan fingerprint density at radius 1 is 0.300 bits per heavy atom. The third kappa shape index (κ3) is 71.3. The normalized spacial score (nSPS) is 14.8. The van der Waals surface area contributed by atoms with Crippen LogP contribution in [0.4, 0.5) is 0 Å². The van der Waals surface area contributed by atoms with Gasteiger partial charge in [-0.15, -0.1) is 0 Å². The van der Waals surface area contributed by atoms with Gasteiger partial charge in [0, 0.05) is 19.3 Å². The molecule has 5 unspecified atom stereocenters. The van der Waals surface area contributed by atoms with Crippen molar-refractivity contribution >= 4 is 39.5 Å². The summed E-state index contributed by atoms with van der Waals surface area (Å²) in [4.78, 5) is 72.8. The average Bonchev–Trinajstić information content (AvgIpc) is 1.06. The highest BCUT2D eigenvalue weighted by Crippen LogP contribution is 2.45. The molecule has 0 aliphatic carbocycles. The van der Waals surface area contributed by atoms with E-state index < -0.39 is 97.5 Å². The molecule has 0 rings (SSSR count). The van der Waals surface area contributed by atoms with Crippen LogP contribution in [0.15, 0.2) is 146 Å². The first-order chi connectivity index (χ1) is 48.7. The average molecular weight is 1440 g/mol. The van der Waals surface area contributed by atoms with Gasteiger partial charge in [-0.1, -0.05) is 263 Å². The monoisotopic (exact) mass is 1440 g/mol. The number of hydrogen-bond acceptors (Lipinski definition) is 15. The minimum absolute atomic E-state index is 0.0589. The number of ether oxygens (including phenoxy) is 4. The van der Waals surface area contributed by atoms with Gasteiger partial charge in [0.2, 0.25) is 0 Å². The molecule has 0 aliphatic rings. The minimum atomic E-state index is -5.02. The van der Waals surface area contributed by atoms with Crippen LogP contribution in [0.3, 0.4) is 0 Å². The fourth-order valence-electron chi connectivity index (χ4n) is 9.55. The van der Waals surface area contributed by atoms with Gasteiger partial charge in [0.15, 0.2) is 12.2 Å². The maximum Gasteiger partial charge on any atom is 0.472 e. The molecule has 570 valence electrons. The van der Waals surface area contributed by atoms with Crippen molar-refractivity contribution in [3.8, 4) is 0 Å². The highest BCUT2D eigenvalue weighted by Gasteiger charge is 2.30. The molecular weight excluding hydrogens is 1310 g/mol. The molecule has 0 aromatic rings. The van der Waals surface area contributed by atoms with Gasteiger partial charge in [0.25, 0.3) is 0 Å². The number of hydrogen-bond donors (Lipinski definition) is 3. The van der Waals surface area contributed by atoms with E-state index in [2.05, 4.69) is 137 Å². The van der Waals surface area contributed by atoms with Gasteiger partial charge < -0.3 is 33.8 Å². The molecular formula is C81H134O17P2. The predicted molar refractivity (Wildman–Crippen MR) is 408 cm³/mol. The summed E-state index contributed by atoms with van der Waals surface area (Å²) < 4.78 is 68.2. The number of carbonyl (C=O) groups excluding carboxylic acids is 4. The SMILES string of the molecule is CC/C=C\C/C=C\C/C=C\C/C=C\C/C=C\CCCC(=O)OCC(COP(=O)(O)OCC(O)COP(=O)(O)OCC(COC(=O)CCCCCCC/C=C\CCCCCCCC)OC(=O)CCCCCCC/C=C\CCCCCC)OC(=O)C/C=C\C/C=C\C/C=C\C/C=C\C/C=C\CC. The van der Waals surface area contributed by atoms with Crippen molar-refractivity contribution in [2.75, 3.05) is 39.6 Å². The van der Waals surface area contributed by atoms with E-state index in [0.29, 0.717) is 32.1 Å². The van der Waals surface area contributed by atoms with Crippen molar-refractivity contribution in [1.82, 2.24) is 0 Å². The lowest BCUT2D eigenvalue weighted by molar-refractivity contribution is -0.161. The van der Waals surface area contributed by atoms with E-state index in [4.69, 9.17) is 37.0 Å². The Bertz CT molecular complexity index is 2470. The summed E-state index contributed by atoms with van der Waals surface area (Å²) in [7, 11) is -10.0. The molecule has 0 spiro atoms. The molecule has 100 heavy (non-hydrogen) atoms. The molecule has 0 aromatic carbocycles. The Morgan fingerprint density at radius 3 is 0.950 bits per heavy atom. The van der Waals surface area contributed by atoms with Gasteiger partial charge in [-0.2, -0.15) is 0 Å². The third-order valence-electron chi connectivity index (χ3n) is 15.3. The fraction of sp³-hybridized carbons (Fsp3) is 0.654. The largest absolute Gasteiger partial charge is 0.472 e. The highest BCUT2D eigenvalue weighted by atomic mass is 31.2. The van der Waals surface area contributed by atoms with E-state index in [9.17, 15) is 43.2 Å². The second-order valence-electron chi connectivity index (χ2n) is 24.8. The highest BCUT2D eigenvalue weighted by molar-refractivity contribution is 7.47. The van der Waals surface area contributed by atoms with Crippen molar-refractivity contribution in [2.45, 2.75) is 303 Å². The van der Waals surface area contributed by atoms with Crippen molar-refractivity contribution < 1.29 is 80.2 Å². The number of allylic oxidation sites excluding steroid dienone is 23. The van der Waals surface area contributed by atoms with E-state index in [1.807, 2.05) is 24.3 Å². The van der Waals surface area contributed by atoms with Crippen LogP contribution < -0.4 is 0 Å². The van der Waals surface area contributed by atoms with E-state index >= 15 is 0 Å². The molecule has 0 saturated heterocycles. The Kier molecular flexibility index (Phi) is 68.6. The van der Waals surface area contributed by atoms with Crippen molar-refractivity contribution in [3.05, 3.63) is 146 Å². The molecule has 5 atom stereocenters. The summed E-state index contributed by atoms with van der Waals surface area (Å²) in [5, 5.41) is 10.6. The van der Waals surface area contributed by atoms with Crippen LogP contribution in [0.2, 0.25) is 0 Å². The van der Waals surface area contributed by atoms with Gasteiger partial charge >= 0.3 is 39.5 Å². The van der Waals surface area contributed by atoms with Gasteiger partial charge in [-0.3, -0.25) is 37.3 Å². The first-order valence-corrected chi connectivity index (χ1v) is 41.1. The molecule has 0 saturated carbocycles. The van der Waals surface area contributed by atoms with Crippen LogP contribution >= 0.6 is 15.6 Å². The zero-order valence-corrected chi connectivity index (χ0v) is 63.9. The van der Waals surface area contributed by atoms with Crippen molar-refractivity contribution in [2.24, 2.45) is 0 Å². The van der Waals surface area contributed by atoms with Crippen LogP contribution in [0.1, 0.15) is 285 Å². The predicted octanol–water partition coefficient (Wildman–Crippen LogP) is 21.9. The number of phosphoric ester groups is 2. The maximum absolute atomic E-state index is 13.1. The first-order valence-electron chi connectivity index (χ1n) is 38.1. The lowest BCUT2D eigenvalue weighted by Gasteiger charge is -2.21. The quantitative estimate of drug-likeness (QED) is 0.0169. The molecule has 0 heterocycles. The maximum atomic E-state index is 13.1. The van der Waals surface area contributed by atoms with Gasteiger partial charge in [0.05, 0.1) is 32.8 Å². The minimum Gasteiger partial charge on any atom is -0.462 e. The van der Waals surface area contributed by atoms with E-state index in [0.717, 1.165) is 135 Å². The molecule has 3 N–H and O–H groups in total. The van der Waals surface area contributed by atoms with Crippen LogP contribution in [-0.2, 0) is 65.4 Å². The molecule has 19 heteroatoms.